The molecule has 1 amide bonds. The minimum atomic E-state index is -1.07. The van der Waals surface area contributed by atoms with Crippen LogP contribution in [0.4, 0.5) is 4.39 Å². The zero-order valence-corrected chi connectivity index (χ0v) is 10.4. The molecule has 1 aromatic carbocycles. The zero-order chi connectivity index (χ0) is 14.0. The molecule has 0 radical (unpaired) electrons. The van der Waals surface area contributed by atoms with E-state index in [0.29, 0.717) is 0 Å². The number of amides is 1. The Kier molecular flexibility index (Phi) is 3.69. The van der Waals surface area contributed by atoms with Crippen LogP contribution in [0.3, 0.4) is 0 Å². The van der Waals surface area contributed by atoms with Gasteiger partial charge in [0.1, 0.15) is 6.54 Å². The van der Waals surface area contributed by atoms with E-state index in [-0.39, 0.29) is 23.9 Å². The topological polar surface area (TPSA) is 66.8 Å². The van der Waals surface area contributed by atoms with Crippen LogP contribution in [0.1, 0.15) is 23.2 Å². The number of hydrogen-bond acceptors (Lipinski definition) is 3. The zero-order valence-electron chi connectivity index (χ0n) is 10.4. The summed E-state index contributed by atoms with van der Waals surface area (Å²) >= 11 is 0. The molecule has 102 valence electrons. The maximum Gasteiger partial charge on any atom is 0.323 e. The van der Waals surface area contributed by atoms with Gasteiger partial charge in [0.15, 0.2) is 11.6 Å². The first kappa shape index (κ1) is 13.3. The molecule has 2 rings (SSSR count). The number of carboxylic acids is 1. The van der Waals surface area contributed by atoms with Gasteiger partial charge in [0.05, 0.1) is 7.11 Å². The molecule has 0 saturated heterocycles. The highest BCUT2D eigenvalue weighted by Crippen LogP contribution is 2.28. The fourth-order valence-corrected chi connectivity index (χ4v) is 1.86. The molecule has 0 spiro atoms. The molecule has 0 aliphatic heterocycles. The van der Waals surface area contributed by atoms with Crippen LogP contribution in [-0.2, 0) is 4.79 Å². The van der Waals surface area contributed by atoms with Gasteiger partial charge in [-0.05, 0) is 31.0 Å². The summed E-state index contributed by atoms with van der Waals surface area (Å²) in [6.07, 6.45) is 1.58. The number of halogens is 1. The Morgan fingerprint density at radius 2 is 2.16 bits per heavy atom. The van der Waals surface area contributed by atoms with Crippen LogP contribution in [0.2, 0.25) is 0 Å². The second-order valence-corrected chi connectivity index (χ2v) is 4.41. The van der Waals surface area contributed by atoms with Crippen molar-refractivity contribution in [3.63, 3.8) is 0 Å². The molecule has 19 heavy (non-hydrogen) atoms. The molecular weight excluding hydrogens is 253 g/mol. The van der Waals surface area contributed by atoms with Crippen LogP contribution in [0.25, 0.3) is 0 Å². The first-order chi connectivity index (χ1) is 9.02. The Morgan fingerprint density at radius 3 is 2.63 bits per heavy atom. The first-order valence-electron chi connectivity index (χ1n) is 5.89. The van der Waals surface area contributed by atoms with E-state index in [1.165, 1.54) is 24.1 Å². The van der Waals surface area contributed by atoms with E-state index in [4.69, 9.17) is 9.84 Å². The summed E-state index contributed by atoms with van der Waals surface area (Å²) < 4.78 is 18.3. The lowest BCUT2D eigenvalue weighted by Gasteiger charge is -2.20. The predicted octanol–water partition coefficient (Wildman–Crippen LogP) is 1.52. The van der Waals surface area contributed by atoms with Crippen LogP contribution in [0, 0.1) is 5.82 Å². The van der Waals surface area contributed by atoms with Gasteiger partial charge in [0.25, 0.3) is 5.91 Å². The van der Waals surface area contributed by atoms with Crippen molar-refractivity contribution in [3.8, 4) is 5.75 Å². The van der Waals surface area contributed by atoms with Gasteiger partial charge in [-0.25, -0.2) is 4.39 Å². The Bertz CT molecular complexity index is 513. The van der Waals surface area contributed by atoms with E-state index in [1.54, 1.807) is 0 Å². The first-order valence-corrected chi connectivity index (χ1v) is 5.89. The van der Waals surface area contributed by atoms with Crippen LogP contribution >= 0.6 is 0 Å². The van der Waals surface area contributed by atoms with E-state index in [2.05, 4.69) is 0 Å². The monoisotopic (exact) mass is 267 g/mol. The number of carbonyl (C=O) groups is 2. The molecule has 0 bridgehead atoms. The summed E-state index contributed by atoms with van der Waals surface area (Å²) in [5, 5.41) is 8.81. The SMILES string of the molecule is COc1ccc(C(=O)N(CC(=O)O)C2CC2)cc1F. The average Bonchev–Trinajstić information content (AvgIpc) is 3.19. The highest BCUT2D eigenvalue weighted by molar-refractivity contribution is 5.96. The molecule has 5 nitrogen and oxygen atoms in total. The van der Waals surface area contributed by atoms with Crippen LogP contribution in [0.15, 0.2) is 18.2 Å². The second kappa shape index (κ2) is 5.26. The molecule has 1 saturated carbocycles. The smallest absolute Gasteiger partial charge is 0.323 e. The Labute approximate surface area is 109 Å². The summed E-state index contributed by atoms with van der Waals surface area (Å²) in [4.78, 5) is 24.2. The molecule has 1 aliphatic carbocycles. The van der Waals surface area contributed by atoms with Crippen molar-refractivity contribution in [2.24, 2.45) is 0 Å². The molecule has 1 N–H and O–H groups in total. The van der Waals surface area contributed by atoms with Crippen LogP contribution < -0.4 is 4.74 Å². The fraction of sp³-hybridized carbons (Fsp3) is 0.385. The normalized spacial score (nSPS) is 14.0. The predicted molar refractivity (Wildman–Crippen MR) is 64.6 cm³/mol. The second-order valence-electron chi connectivity index (χ2n) is 4.41. The molecular formula is C13H14FNO4. The average molecular weight is 267 g/mol. The summed E-state index contributed by atoms with van der Waals surface area (Å²) in [6, 6.07) is 3.81. The number of aliphatic carboxylic acids is 1. The summed E-state index contributed by atoms with van der Waals surface area (Å²) in [7, 11) is 1.33. The van der Waals surface area contributed by atoms with E-state index < -0.39 is 17.7 Å². The van der Waals surface area contributed by atoms with Gasteiger partial charge in [-0.1, -0.05) is 0 Å². The van der Waals surface area contributed by atoms with E-state index in [1.807, 2.05) is 0 Å². The number of nitrogens with zero attached hydrogens (tertiary/aromatic N) is 1. The molecule has 1 fully saturated rings. The third-order valence-electron chi connectivity index (χ3n) is 2.95. The number of ether oxygens (including phenoxy) is 1. The molecule has 6 heteroatoms. The summed E-state index contributed by atoms with van der Waals surface area (Å²) in [5.74, 6) is -2.13. The van der Waals surface area contributed by atoms with Crippen LogP contribution in [-0.4, -0.2) is 41.6 Å². The maximum atomic E-state index is 13.5. The van der Waals surface area contributed by atoms with Gasteiger partial charge < -0.3 is 14.7 Å². The molecule has 0 atom stereocenters. The molecule has 0 aromatic heterocycles. The Hall–Kier alpha value is -2.11. The largest absolute Gasteiger partial charge is 0.494 e. The lowest BCUT2D eigenvalue weighted by molar-refractivity contribution is -0.137. The van der Waals surface area contributed by atoms with Crippen molar-refractivity contribution in [1.29, 1.82) is 0 Å². The number of carboxylic acid groups (broad SMARTS) is 1. The van der Waals surface area contributed by atoms with E-state index >= 15 is 0 Å². The Balaban J connectivity index is 2.21. The lowest BCUT2D eigenvalue weighted by Crippen LogP contribution is -2.37. The quantitative estimate of drug-likeness (QED) is 0.878. The summed E-state index contributed by atoms with van der Waals surface area (Å²) in [6.45, 7) is -0.364. The van der Waals surface area contributed by atoms with Gasteiger partial charge in [-0.15, -0.1) is 0 Å². The maximum absolute atomic E-state index is 13.5. The standard InChI is InChI=1S/C13H14FNO4/c1-19-11-5-2-8(6-10(11)14)13(18)15(7-12(16)17)9-3-4-9/h2,5-6,9H,3-4,7H2,1H3,(H,16,17). The minimum absolute atomic E-state index is 0.0474. The van der Waals surface area contributed by atoms with E-state index in [0.717, 1.165) is 18.9 Å². The van der Waals surface area contributed by atoms with E-state index in [9.17, 15) is 14.0 Å². The molecule has 1 aromatic rings. The number of hydrogen-bond donors (Lipinski definition) is 1. The minimum Gasteiger partial charge on any atom is -0.494 e. The number of methoxy groups -OCH3 is 1. The highest BCUT2D eigenvalue weighted by atomic mass is 19.1. The number of benzene rings is 1. The lowest BCUT2D eigenvalue weighted by atomic mass is 10.1. The van der Waals surface area contributed by atoms with Crippen molar-refractivity contribution < 1.29 is 23.8 Å². The molecule has 1 aliphatic rings. The number of rotatable bonds is 5. The van der Waals surface area contributed by atoms with Crippen molar-refractivity contribution >= 4 is 11.9 Å². The third-order valence-corrected chi connectivity index (χ3v) is 2.95. The third kappa shape index (κ3) is 3.01. The van der Waals surface area contributed by atoms with Crippen molar-refractivity contribution in [1.82, 2.24) is 4.90 Å². The van der Waals surface area contributed by atoms with Gasteiger partial charge in [0, 0.05) is 11.6 Å². The molecule has 0 heterocycles. The Morgan fingerprint density at radius 1 is 1.47 bits per heavy atom. The van der Waals surface area contributed by atoms with Crippen molar-refractivity contribution in [3.05, 3.63) is 29.6 Å². The molecule has 0 unspecified atom stereocenters. The van der Waals surface area contributed by atoms with Gasteiger partial charge in [-0.2, -0.15) is 0 Å². The van der Waals surface area contributed by atoms with Crippen molar-refractivity contribution in [2.75, 3.05) is 13.7 Å². The highest BCUT2D eigenvalue weighted by Gasteiger charge is 2.34. The van der Waals surface area contributed by atoms with Crippen LogP contribution in [0.5, 0.6) is 5.75 Å². The van der Waals surface area contributed by atoms with Gasteiger partial charge in [0.2, 0.25) is 0 Å². The van der Waals surface area contributed by atoms with Crippen molar-refractivity contribution in [2.45, 2.75) is 18.9 Å². The van der Waals surface area contributed by atoms with Gasteiger partial charge in [-0.3, -0.25) is 9.59 Å². The summed E-state index contributed by atoms with van der Waals surface area (Å²) in [5.41, 5.74) is 0.131. The fourth-order valence-electron chi connectivity index (χ4n) is 1.86. The van der Waals surface area contributed by atoms with Gasteiger partial charge >= 0.3 is 5.97 Å². The number of carbonyl (C=O) groups excluding carboxylic acids is 1.